The molecule has 0 radical (unpaired) electrons. The minimum Gasteiger partial charge on any atom is -0.370 e. The SMILES string of the molecule is N=C(N)N1CCCC(c2cc3cn(-c4ccc(CNCCCN=C(N)N)cc4)c(=O)nc3[nH]2)C1. The molecule has 1 saturated heterocycles. The van der Waals surface area contributed by atoms with Gasteiger partial charge < -0.3 is 32.4 Å². The number of guanidine groups is 2. The second kappa shape index (κ2) is 10.4. The first-order valence-corrected chi connectivity index (χ1v) is 11.5. The molecule has 0 aliphatic carbocycles. The molecule has 1 atom stereocenters. The zero-order chi connectivity index (χ0) is 24.1. The average molecular weight is 465 g/mol. The second-order valence-electron chi connectivity index (χ2n) is 8.60. The molecule has 0 saturated carbocycles. The van der Waals surface area contributed by atoms with Crippen molar-refractivity contribution in [2.75, 3.05) is 26.2 Å². The lowest BCUT2D eigenvalue weighted by Gasteiger charge is -2.32. The van der Waals surface area contributed by atoms with E-state index < -0.39 is 0 Å². The van der Waals surface area contributed by atoms with Crippen molar-refractivity contribution in [2.24, 2.45) is 22.2 Å². The van der Waals surface area contributed by atoms with Crippen molar-refractivity contribution in [3.63, 3.8) is 0 Å². The van der Waals surface area contributed by atoms with Crippen molar-refractivity contribution in [3.8, 4) is 5.69 Å². The van der Waals surface area contributed by atoms with Crippen LogP contribution < -0.4 is 28.2 Å². The molecule has 180 valence electrons. The molecule has 1 aliphatic heterocycles. The highest BCUT2D eigenvalue weighted by Gasteiger charge is 2.23. The van der Waals surface area contributed by atoms with Crippen LogP contribution in [0.3, 0.4) is 0 Å². The first-order valence-electron chi connectivity index (χ1n) is 11.5. The number of hydrogen-bond donors (Lipinski definition) is 6. The molecule has 3 aromatic rings. The van der Waals surface area contributed by atoms with Gasteiger partial charge in [0.2, 0.25) is 0 Å². The van der Waals surface area contributed by atoms with Crippen molar-refractivity contribution in [2.45, 2.75) is 31.7 Å². The molecule has 4 rings (SSSR count). The van der Waals surface area contributed by atoms with Gasteiger partial charge in [0.1, 0.15) is 5.65 Å². The quantitative estimate of drug-likeness (QED) is 0.160. The standard InChI is InChI=1S/C23H32N10O/c24-21(25)29-9-2-8-28-12-15-4-6-18(7-5-15)33-14-17-11-19(30-20(17)31-23(33)34)16-3-1-10-32(13-16)22(26)27/h4-7,11,14,16,28H,1-3,8-10,12-13H2,(H3,26,27)(H4,24,25,29)(H,30,31,34). The zero-order valence-corrected chi connectivity index (χ0v) is 19.1. The lowest BCUT2D eigenvalue weighted by atomic mass is 9.95. The summed E-state index contributed by atoms with van der Waals surface area (Å²) in [6.45, 7) is 3.62. The van der Waals surface area contributed by atoms with Crippen LogP contribution in [0.4, 0.5) is 0 Å². The number of nitrogens with two attached hydrogens (primary N) is 3. The fraction of sp³-hybridized carbons (Fsp3) is 0.391. The number of nitrogens with zero attached hydrogens (tertiary/aromatic N) is 4. The minimum atomic E-state index is -0.333. The Morgan fingerprint density at radius 3 is 2.79 bits per heavy atom. The van der Waals surface area contributed by atoms with Gasteiger partial charge in [0.05, 0.1) is 5.69 Å². The number of aromatic amines is 1. The summed E-state index contributed by atoms with van der Waals surface area (Å²) in [6, 6.07) is 9.88. The second-order valence-corrected chi connectivity index (χ2v) is 8.60. The highest BCUT2D eigenvalue weighted by atomic mass is 16.1. The Morgan fingerprint density at radius 1 is 1.26 bits per heavy atom. The fourth-order valence-electron chi connectivity index (χ4n) is 4.29. The maximum absolute atomic E-state index is 12.7. The minimum absolute atomic E-state index is 0.100. The lowest BCUT2D eigenvalue weighted by molar-refractivity contribution is 0.302. The molecular formula is C23H32N10O. The number of aliphatic imine (C=N–C) groups is 1. The van der Waals surface area contributed by atoms with Gasteiger partial charge in [-0.2, -0.15) is 4.98 Å². The normalized spacial score (nSPS) is 16.0. The van der Waals surface area contributed by atoms with Crippen LogP contribution in [0.5, 0.6) is 0 Å². The van der Waals surface area contributed by atoms with E-state index in [9.17, 15) is 4.79 Å². The van der Waals surface area contributed by atoms with Crippen LogP contribution in [-0.2, 0) is 6.54 Å². The highest BCUT2D eigenvalue weighted by molar-refractivity contribution is 5.77. The summed E-state index contributed by atoms with van der Waals surface area (Å²) in [5.74, 6) is 0.438. The molecular weight excluding hydrogens is 432 g/mol. The molecule has 9 N–H and O–H groups in total. The van der Waals surface area contributed by atoms with E-state index in [1.807, 2.05) is 41.4 Å². The monoisotopic (exact) mass is 464 g/mol. The summed E-state index contributed by atoms with van der Waals surface area (Å²) in [6.07, 6.45) is 4.65. The van der Waals surface area contributed by atoms with Gasteiger partial charge >= 0.3 is 5.69 Å². The fourth-order valence-corrected chi connectivity index (χ4v) is 4.29. The van der Waals surface area contributed by atoms with Crippen molar-refractivity contribution in [3.05, 3.63) is 58.3 Å². The molecule has 1 aliphatic rings. The predicted octanol–water partition coefficient (Wildman–Crippen LogP) is 0.540. The highest BCUT2D eigenvalue weighted by Crippen LogP contribution is 2.28. The van der Waals surface area contributed by atoms with Crippen LogP contribution >= 0.6 is 0 Å². The topological polar surface area (TPSA) is 180 Å². The Hall–Kier alpha value is -3.86. The number of benzene rings is 1. The molecule has 1 fully saturated rings. The van der Waals surface area contributed by atoms with Crippen molar-refractivity contribution < 1.29 is 0 Å². The third-order valence-corrected chi connectivity index (χ3v) is 6.08. The van der Waals surface area contributed by atoms with E-state index in [0.717, 1.165) is 54.7 Å². The third kappa shape index (κ3) is 5.54. The third-order valence-electron chi connectivity index (χ3n) is 6.08. The number of piperidine rings is 1. The summed E-state index contributed by atoms with van der Waals surface area (Å²) < 4.78 is 1.56. The first-order chi connectivity index (χ1) is 16.4. The lowest BCUT2D eigenvalue weighted by Crippen LogP contribution is -2.42. The number of likely N-dealkylation sites (tertiary alicyclic amines) is 1. The van der Waals surface area contributed by atoms with E-state index in [0.29, 0.717) is 25.3 Å². The molecule has 0 amide bonds. The Bertz CT molecular complexity index is 1220. The summed E-state index contributed by atoms with van der Waals surface area (Å²) >= 11 is 0. The molecule has 34 heavy (non-hydrogen) atoms. The molecule has 0 spiro atoms. The van der Waals surface area contributed by atoms with Gasteiger partial charge in [0.15, 0.2) is 11.9 Å². The van der Waals surface area contributed by atoms with Gasteiger partial charge in [0.25, 0.3) is 0 Å². The van der Waals surface area contributed by atoms with Crippen LogP contribution in [0.25, 0.3) is 16.7 Å². The maximum Gasteiger partial charge on any atom is 0.354 e. The van der Waals surface area contributed by atoms with Crippen LogP contribution in [-0.4, -0.2) is 57.5 Å². The molecule has 11 heteroatoms. The number of hydrogen-bond acceptors (Lipinski definition) is 5. The Kier molecular flexibility index (Phi) is 7.12. The van der Waals surface area contributed by atoms with Crippen molar-refractivity contribution in [1.82, 2.24) is 24.8 Å². The van der Waals surface area contributed by atoms with Crippen molar-refractivity contribution >= 4 is 23.0 Å². The Balaban J connectivity index is 1.43. The number of nitrogens with one attached hydrogen (secondary N) is 3. The maximum atomic E-state index is 12.7. The summed E-state index contributed by atoms with van der Waals surface area (Å²) in [5.41, 5.74) is 19.5. The largest absolute Gasteiger partial charge is 0.370 e. The van der Waals surface area contributed by atoms with E-state index in [1.165, 1.54) is 0 Å². The van der Waals surface area contributed by atoms with Crippen LogP contribution in [0, 0.1) is 5.41 Å². The predicted molar refractivity (Wildman–Crippen MR) is 134 cm³/mol. The van der Waals surface area contributed by atoms with Gasteiger partial charge in [-0.25, -0.2) is 4.79 Å². The van der Waals surface area contributed by atoms with E-state index in [1.54, 1.807) is 4.57 Å². The molecule has 0 bridgehead atoms. The van der Waals surface area contributed by atoms with E-state index >= 15 is 0 Å². The van der Waals surface area contributed by atoms with Gasteiger partial charge in [0, 0.05) is 49.4 Å². The van der Waals surface area contributed by atoms with E-state index in [2.05, 4.69) is 20.3 Å². The van der Waals surface area contributed by atoms with Gasteiger partial charge in [-0.15, -0.1) is 0 Å². The van der Waals surface area contributed by atoms with Crippen LogP contribution in [0.15, 0.2) is 46.3 Å². The van der Waals surface area contributed by atoms with Gasteiger partial charge in [-0.1, -0.05) is 12.1 Å². The van der Waals surface area contributed by atoms with Crippen LogP contribution in [0.1, 0.15) is 36.4 Å². The summed E-state index contributed by atoms with van der Waals surface area (Å²) in [4.78, 5) is 26.1. The Labute approximate surface area is 197 Å². The Morgan fingerprint density at radius 2 is 2.06 bits per heavy atom. The molecule has 2 aromatic heterocycles. The van der Waals surface area contributed by atoms with Crippen LogP contribution in [0.2, 0.25) is 0 Å². The molecule has 11 nitrogen and oxygen atoms in total. The smallest absolute Gasteiger partial charge is 0.354 e. The number of H-pyrrole nitrogens is 1. The molecule has 3 heterocycles. The number of fused-ring (bicyclic) bond motifs is 1. The summed E-state index contributed by atoms with van der Waals surface area (Å²) in [7, 11) is 0. The zero-order valence-electron chi connectivity index (χ0n) is 19.1. The van der Waals surface area contributed by atoms with Crippen molar-refractivity contribution in [1.29, 1.82) is 5.41 Å². The summed E-state index contributed by atoms with van der Waals surface area (Å²) in [5, 5.41) is 11.9. The van der Waals surface area contributed by atoms with Gasteiger partial charge in [-0.05, 0) is 49.6 Å². The number of rotatable bonds is 8. The van der Waals surface area contributed by atoms with E-state index in [4.69, 9.17) is 22.6 Å². The number of aromatic nitrogens is 3. The molecule has 1 aromatic carbocycles. The van der Waals surface area contributed by atoms with E-state index in [-0.39, 0.29) is 23.5 Å². The van der Waals surface area contributed by atoms with Gasteiger partial charge in [-0.3, -0.25) is 15.0 Å². The molecule has 1 unspecified atom stereocenters. The first kappa shape index (κ1) is 23.3. The average Bonchev–Trinajstić information content (AvgIpc) is 3.24.